The number of imidazole rings is 1. The van der Waals surface area contributed by atoms with Gasteiger partial charge in [-0.2, -0.15) is 0 Å². The number of ether oxygens (including phenoxy) is 1. The van der Waals surface area contributed by atoms with Gasteiger partial charge in [0.2, 0.25) is 0 Å². The van der Waals surface area contributed by atoms with Gasteiger partial charge in [0, 0.05) is 31.4 Å². The van der Waals surface area contributed by atoms with Gasteiger partial charge >= 0.3 is 0 Å². The standard InChI is InChI=1S/C16H23N3O/c1-16(17,9-8-15-18-10-11-19(15)2)12-13-4-6-14(20-3)7-5-13/h4-7,10-11H,8-9,12,17H2,1-3H3. The van der Waals surface area contributed by atoms with E-state index in [2.05, 4.69) is 24.0 Å². The van der Waals surface area contributed by atoms with Crippen molar-refractivity contribution in [2.75, 3.05) is 7.11 Å². The summed E-state index contributed by atoms with van der Waals surface area (Å²) in [5.74, 6) is 1.96. The highest BCUT2D eigenvalue weighted by Gasteiger charge is 2.19. The van der Waals surface area contributed by atoms with Crippen molar-refractivity contribution in [1.82, 2.24) is 9.55 Å². The van der Waals surface area contributed by atoms with Crippen LogP contribution >= 0.6 is 0 Å². The van der Waals surface area contributed by atoms with Crippen molar-refractivity contribution in [3.05, 3.63) is 48.0 Å². The molecule has 0 saturated heterocycles. The van der Waals surface area contributed by atoms with Crippen LogP contribution < -0.4 is 10.5 Å². The second kappa shape index (κ2) is 6.09. The zero-order valence-electron chi connectivity index (χ0n) is 12.5. The summed E-state index contributed by atoms with van der Waals surface area (Å²) in [6.45, 7) is 2.10. The molecule has 0 radical (unpaired) electrons. The van der Waals surface area contributed by atoms with Crippen LogP contribution in [0.25, 0.3) is 0 Å². The molecule has 1 unspecified atom stereocenters. The Morgan fingerprint density at radius 1 is 1.30 bits per heavy atom. The predicted octanol–water partition coefficient (Wildman–Crippen LogP) is 2.32. The van der Waals surface area contributed by atoms with Crippen molar-refractivity contribution in [2.45, 2.75) is 31.7 Å². The minimum absolute atomic E-state index is 0.236. The molecule has 0 aliphatic rings. The van der Waals surface area contributed by atoms with E-state index in [1.54, 1.807) is 7.11 Å². The number of benzene rings is 1. The van der Waals surface area contributed by atoms with E-state index in [0.29, 0.717) is 0 Å². The number of nitrogens with two attached hydrogens (primary N) is 1. The molecule has 0 saturated carbocycles. The molecule has 0 aliphatic heterocycles. The van der Waals surface area contributed by atoms with Gasteiger partial charge in [0.25, 0.3) is 0 Å². The summed E-state index contributed by atoms with van der Waals surface area (Å²) in [6.07, 6.45) is 6.44. The lowest BCUT2D eigenvalue weighted by molar-refractivity contribution is 0.412. The van der Waals surface area contributed by atoms with Gasteiger partial charge in [-0.15, -0.1) is 0 Å². The quantitative estimate of drug-likeness (QED) is 0.878. The Balaban J connectivity index is 1.94. The molecule has 0 spiro atoms. The van der Waals surface area contributed by atoms with Crippen molar-refractivity contribution < 1.29 is 4.74 Å². The van der Waals surface area contributed by atoms with Crippen molar-refractivity contribution >= 4 is 0 Å². The molecule has 2 N–H and O–H groups in total. The van der Waals surface area contributed by atoms with Crippen LogP contribution in [0.2, 0.25) is 0 Å². The summed E-state index contributed by atoms with van der Waals surface area (Å²) in [6, 6.07) is 8.10. The molecule has 1 atom stereocenters. The lowest BCUT2D eigenvalue weighted by Crippen LogP contribution is -2.39. The predicted molar refractivity (Wildman–Crippen MR) is 80.8 cm³/mol. The first kappa shape index (κ1) is 14.6. The SMILES string of the molecule is COc1ccc(CC(C)(N)CCc2nccn2C)cc1. The first-order valence-corrected chi connectivity index (χ1v) is 6.88. The van der Waals surface area contributed by atoms with E-state index in [9.17, 15) is 0 Å². The zero-order chi connectivity index (χ0) is 14.6. The molecular formula is C16H23N3O. The molecule has 1 heterocycles. The Hall–Kier alpha value is -1.81. The van der Waals surface area contributed by atoms with Gasteiger partial charge in [0.15, 0.2) is 0 Å². The second-order valence-electron chi connectivity index (χ2n) is 5.63. The molecule has 4 heteroatoms. The number of nitrogens with zero attached hydrogens (tertiary/aromatic N) is 2. The van der Waals surface area contributed by atoms with Crippen molar-refractivity contribution in [3.63, 3.8) is 0 Å². The summed E-state index contributed by atoms with van der Waals surface area (Å²) >= 11 is 0. The lowest BCUT2D eigenvalue weighted by Gasteiger charge is -2.24. The van der Waals surface area contributed by atoms with Crippen LogP contribution in [-0.4, -0.2) is 22.2 Å². The Kier molecular flexibility index (Phi) is 4.45. The molecule has 20 heavy (non-hydrogen) atoms. The Morgan fingerprint density at radius 3 is 2.55 bits per heavy atom. The maximum Gasteiger partial charge on any atom is 0.118 e. The smallest absolute Gasteiger partial charge is 0.118 e. The molecule has 0 aliphatic carbocycles. The summed E-state index contributed by atoms with van der Waals surface area (Å²) in [4.78, 5) is 4.34. The topological polar surface area (TPSA) is 53.1 Å². The van der Waals surface area contributed by atoms with E-state index in [0.717, 1.165) is 30.8 Å². The molecule has 2 aromatic rings. The molecule has 4 nitrogen and oxygen atoms in total. The van der Waals surface area contributed by atoms with Gasteiger partial charge in [-0.3, -0.25) is 0 Å². The van der Waals surface area contributed by atoms with Crippen LogP contribution in [0.5, 0.6) is 5.75 Å². The first-order valence-electron chi connectivity index (χ1n) is 6.88. The number of hydrogen-bond acceptors (Lipinski definition) is 3. The van der Waals surface area contributed by atoms with Crippen LogP contribution in [0.4, 0.5) is 0 Å². The minimum atomic E-state index is -0.236. The molecule has 1 aromatic heterocycles. The normalized spacial score (nSPS) is 14.0. The fourth-order valence-electron chi connectivity index (χ4n) is 2.33. The monoisotopic (exact) mass is 273 g/mol. The second-order valence-corrected chi connectivity index (χ2v) is 5.63. The fourth-order valence-corrected chi connectivity index (χ4v) is 2.33. The number of hydrogen-bond donors (Lipinski definition) is 1. The van der Waals surface area contributed by atoms with Crippen molar-refractivity contribution in [3.8, 4) is 5.75 Å². The van der Waals surface area contributed by atoms with E-state index in [-0.39, 0.29) is 5.54 Å². The van der Waals surface area contributed by atoms with E-state index in [1.165, 1.54) is 5.56 Å². The van der Waals surface area contributed by atoms with Crippen LogP contribution in [-0.2, 0) is 19.9 Å². The maximum atomic E-state index is 6.42. The summed E-state index contributed by atoms with van der Waals surface area (Å²) < 4.78 is 7.21. The number of aromatic nitrogens is 2. The molecule has 108 valence electrons. The third-order valence-corrected chi connectivity index (χ3v) is 3.61. The van der Waals surface area contributed by atoms with Crippen molar-refractivity contribution in [1.29, 1.82) is 0 Å². The van der Waals surface area contributed by atoms with Crippen LogP contribution in [0.1, 0.15) is 24.7 Å². The highest BCUT2D eigenvalue weighted by molar-refractivity contribution is 5.28. The average Bonchev–Trinajstić information content (AvgIpc) is 2.83. The molecule has 2 rings (SSSR count). The van der Waals surface area contributed by atoms with Crippen LogP contribution in [0.15, 0.2) is 36.7 Å². The van der Waals surface area contributed by atoms with Crippen LogP contribution in [0.3, 0.4) is 0 Å². The number of methoxy groups -OCH3 is 1. The van der Waals surface area contributed by atoms with E-state index >= 15 is 0 Å². The summed E-state index contributed by atoms with van der Waals surface area (Å²) in [5, 5.41) is 0. The molecule has 1 aromatic carbocycles. The number of aryl methyl sites for hydroxylation is 2. The van der Waals surface area contributed by atoms with Gasteiger partial charge in [-0.05, 0) is 37.5 Å². The van der Waals surface area contributed by atoms with E-state index < -0.39 is 0 Å². The van der Waals surface area contributed by atoms with Gasteiger partial charge < -0.3 is 15.0 Å². The molecular weight excluding hydrogens is 250 g/mol. The summed E-state index contributed by atoms with van der Waals surface area (Å²) in [5.41, 5.74) is 7.41. The molecule has 0 fully saturated rings. The Labute approximate surface area is 120 Å². The third kappa shape index (κ3) is 3.84. The van der Waals surface area contributed by atoms with E-state index in [4.69, 9.17) is 10.5 Å². The van der Waals surface area contributed by atoms with Gasteiger partial charge in [0.05, 0.1) is 7.11 Å². The van der Waals surface area contributed by atoms with Gasteiger partial charge in [0.1, 0.15) is 11.6 Å². The fraction of sp³-hybridized carbons (Fsp3) is 0.438. The highest BCUT2D eigenvalue weighted by atomic mass is 16.5. The lowest BCUT2D eigenvalue weighted by atomic mass is 9.89. The third-order valence-electron chi connectivity index (χ3n) is 3.61. The highest BCUT2D eigenvalue weighted by Crippen LogP contribution is 2.19. The largest absolute Gasteiger partial charge is 0.497 e. The first-order chi connectivity index (χ1) is 9.50. The molecule has 0 amide bonds. The Morgan fingerprint density at radius 2 is 2.00 bits per heavy atom. The maximum absolute atomic E-state index is 6.42. The van der Waals surface area contributed by atoms with E-state index in [1.807, 2.05) is 36.1 Å². The average molecular weight is 273 g/mol. The van der Waals surface area contributed by atoms with Gasteiger partial charge in [-0.1, -0.05) is 12.1 Å². The van der Waals surface area contributed by atoms with Gasteiger partial charge in [-0.25, -0.2) is 4.98 Å². The summed E-state index contributed by atoms with van der Waals surface area (Å²) in [7, 11) is 3.69. The minimum Gasteiger partial charge on any atom is -0.497 e. The molecule has 0 bridgehead atoms. The Bertz CT molecular complexity index is 543. The van der Waals surface area contributed by atoms with Crippen LogP contribution in [0, 0.1) is 0 Å². The zero-order valence-corrected chi connectivity index (χ0v) is 12.5. The number of rotatable bonds is 6. The van der Waals surface area contributed by atoms with Crippen molar-refractivity contribution in [2.24, 2.45) is 12.8 Å².